The number of ether oxygens (including phenoxy) is 1. The lowest BCUT2D eigenvalue weighted by atomic mass is 10.0. The summed E-state index contributed by atoms with van der Waals surface area (Å²) >= 11 is 8.48. The van der Waals surface area contributed by atoms with Gasteiger partial charge in [-0.2, -0.15) is 5.10 Å². The number of hydrogen-bond donors (Lipinski definition) is 4. The third-order valence-corrected chi connectivity index (χ3v) is 5.18. The third kappa shape index (κ3) is 4.94. The number of alkyl halides is 3. The number of halogens is 4. The second-order valence-electron chi connectivity index (χ2n) is 6.68. The highest BCUT2D eigenvalue weighted by Gasteiger charge is 2.32. The number of aromatic nitrogens is 2. The SMILES string of the molecule is Nc1n[nH]c2cccc(-c3ccc(NC(=S)Nc4cc(Br)ccc4OC(F)(F)F)cc3)c12. The second kappa shape index (κ2) is 8.67. The number of nitrogens with zero attached hydrogens (tertiary/aromatic N) is 1. The number of aromatic amines is 1. The van der Waals surface area contributed by atoms with Crippen LogP contribution >= 0.6 is 28.1 Å². The number of H-pyrrole nitrogens is 1. The zero-order valence-corrected chi connectivity index (χ0v) is 18.5. The van der Waals surface area contributed by atoms with Crippen LogP contribution in [0, 0.1) is 0 Å². The Morgan fingerprint density at radius 3 is 2.53 bits per heavy atom. The van der Waals surface area contributed by atoms with E-state index in [1.807, 2.05) is 30.3 Å². The molecular formula is C21H15BrF3N5OS. The molecule has 5 N–H and O–H groups in total. The van der Waals surface area contributed by atoms with E-state index in [0.717, 1.165) is 22.0 Å². The molecule has 32 heavy (non-hydrogen) atoms. The first-order valence-corrected chi connectivity index (χ1v) is 10.4. The Balaban J connectivity index is 1.50. The van der Waals surface area contributed by atoms with Gasteiger partial charge in [0.1, 0.15) is 0 Å². The van der Waals surface area contributed by atoms with Gasteiger partial charge >= 0.3 is 6.36 Å². The smallest absolute Gasteiger partial charge is 0.404 e. The van der Waals surface area contributed by atoms with E-state index in [-0.39, 0.29) is 10.8 Å². The van der Waals surface area contributed by atoms with Crippen molar-refractivity contribution in [3.63, 3.8) is 0 Å². The molecule has 6 nitrogen and oxygen atoms in total. The van der Waals surface area contributed by atoms with Gasteiger partial charge in [-0.3, -0.25) is 5.10 Å². The van der Waals surface area contributed by atoms with Gasteiger partial charge in [-0.25, -0.2) is 0 Å². The average molecular weight is 522 g/mol. The Bertz CT molecular complexity index is 1290. The molecule has 0 aliphatic rings. The van der Waals surface area contributed by atoms with Crippen molar-refractivity contribution in [1.29, 1.82) is 0 Å². The maximum atomic E-state index is 12.7. The Labute approximate surface area is 194 Å². The van der Waals surface area contributed by atoms with Crippen LogP contribution in [0.2, 0.25) is 0 Å². The van der Waals surface area contributed by atoms with Gasteiger partial charge in [-0.15, -0.1) is 13.2 Å². The van der Waals surface area contributed by atoms with E-state index >= 15 is 0 Å². The van der Waals surface area contributed by atoms with E-state index in [9.17, 15) is 13.2 Å². The van der Waals surface area contributed by atoms with Gasteiger partial charge in [0, 0.05) is 10.2 Å². The number of thiocarbonyl (C=S) groups is 1. The number of fused-ring (bicyclic) bond motifs is 1. The highest BCUT2D eigenvalue weighted by Crippen LogP contribution is 2.34. The lowest BCUT2D eigenvalue weighted by Gasteiger charge is -2.16. The highest BCUT2D eigenvalue weighted by atomic mass is 79.9. The van der Waals surface area contributed by atoms with Crippen LogP contribution in [0.25, 0.3) is 22.0 Å². The molecule has 3 aromatic carbocycles. The van der Waals surface area contributed by atoms with Crippen molar-refractivity contribution in [2.75, 3.05) is 16.4 Å². The molecule has 1 aromatic heterocycles. The molecular weight excluding hydrogens is 507 g/mol. The van der Waals surface area contributed by atoms with Gasteiger partial charge in [0.05, 0.1) is 16.6 Å². The Hall–Kier alpha value is -3.31. The molecule has 0 aliphatic heterocycles. The molecule has 0 radical (unpaired) electrons. The molecule has 0 saturated carbocycles. The van der Waals surface area contributed by atoms with E-state index in [1.54, 1.807) is 12.1 Å². The summed E-state index contributed by atoms with van der Waals surface area (Å²) in [7, 11) is 0. The summed E-state index contributed by atoms with van der Waals surface area (Å²) in [6, 6.07) is 17.2. The molecule has 0 amide bonds. The quantitative estimate of drug-likeness (QED) is 0.236. The van der Waals surface area contributed by atoms with Crippen LogP contribution in [0.4, 0.5) is 30.4 Å². The summed E-state index contributed by atoms with van der Waals surface area (Å²) in [5.74, 6) is 0.0140. The summed E-state index contributed by atoms with van der Waals surface area (Å²) in [5, 5.41) is 13.5. The van der Waals surface area contributed by atoms with Crippen LogP contribution in [-0.2, 0) is 0 Å². The summed E-state index contributed by atoms with van der Waals surface area (Å²) in [6.07, 6.45) is -4.82. The van der Waals surface area contributed by atoms with E-state index in [0.29, 0.717) is 16.0 Å². The molecule has 4 aromatic rings. The molecule has 0 bridgehead atoms. The zero-order chi connectivity index (χ0) is 22.9. The highest BCUT2D eigenvalue weighted by molar-refractivity contribution is 9.10. The van der Waals surface area contributed by atoms with E-state index < -0.39 is 12.1 Å². The average Bonchev–Trinajstić information content (AvgIpc) is 3.11. The van der Waals surface area contributed by atoms with E-state index in [4.69, 9.17) is 18.0 Å². The van der Waals surface area contributed by atoms with E-state index in [1.165, 1.54) is 18.2 Å². The third-order valence-electron chi connectivity index (χ3n) is 4.49. The first-order valence-electron chi connectivity index (χ1n) is 9.16. The zero-order valence-electron chi connectivity index (χ0n) is 16.1. The van der Waals surface area contributed by atoms with Gasteiger partial charge in [0.25, 0.3) is 0 Å². The summed E-state index contributed by atoms with van der Waals surface area (Å²) in [5.41, 5.74) is 9.36. The first-order chi connectivity index (χ1) is 15.2. The molecule has 0 aliphatic carbocycles. The van der Waals surface area contributed by atoms with Crippen LogP contribution in [0.3, 0.4) is 0 Å². The van der Waals surface area contributed by atoms with Gasteiger partial charge < -0.3 is 21.1 Å². The first kappa shape index (κ1) is 21.9. The number of nitrogen functional groups attached to an aromatic ring is 1. The summed E-state index contributed by atoms with van der Waals surface area (Å²) < 4.78 is 42.6. The van der Waals surface area contributed by atoms with Crippen LogP contribution in [0.1, 0.15) is 0 Å². The summed E-state index contributed by atoms with van der Waals surface area (Å²) in [4.78, 5) is 0. The van der Waals surface area contributed by atoms with Crippen molar-refractivity contribution < 1.29 is 17.9 Å². The normalized spacial score (nSPS) is 11.4. The largest absolute Gasteiger partial charge is 0.573 e. The molecule has 0 fully saturated rings. The number of rotatable bonds is 4. The van der Waals surface area contributed by atoms with Crippen molar-refractivity contribution in [2.24, 2.45) is 0 Å². The van der Waals surface area contributed by atoms with E-state index in [2.05, 4.69) is 41.5 Å². The molecule has 0 unspecified atom stereocenters. The molecule has 1 heterocycles. The van der Waals surface area contributed by atoms with Crippen molar-refractivity contribution in [3.05, 3.63) is 65.1 Å². The fourth-order valence-electron chi connectivity index (χ4n) is 3.17. The molecule has 11 heteroatoms. The predicted molar refractivity (Wildman–Crippen MR) is 127 cm³/mol. The number of anilines is 3. The second-order valence-corrected chi connectivity index (χ2v) is 8.01. The maximum absolute atomic E-state index is 12.7. The van der Waals surface area contributed by atoms with Crippen molar-refractivity contribution >= 4 is 61.4 Å². The van der Waals surface area contributed by atoms with Crippen molar-refractivity contribution in [2.45, 2.75) is 6.36 Å². The molecule has 164 valence electrons. The van der Waals surface area contributed by atoms with Gasteiger partial charge in [0.15, 0.2) is 16.7 Å². The Morgan fingerprint density at radius 2 is 1.81 bits per heavy atom. The lowest BCUT2D eigenvalue weighted by Crippen LogP contribution is -2.22. The minimum absolute atomic E-state index is 0.0629. The van der Waals surface area contributed by atoms with Crippen LogP contribution < -0.4 is 21.1 Å². The molecule has 0 saturated heterocycles. The Kier molecular flexibility index (Phi) is 5.94. The number of nitrogens with two attached hydrogens (primary N) is 1. The number of hydrogen-bond acceptors (Lipinski definition) is 4. The van der Waals surface area contributed by atoms with Gasteiger partial charge in [0.2, 0.25) is 0 Å². The lowest BCUT2D eigenvalue weighted by molar-refractivity contribution is -0.274. The number of nitrogens with one attached hydrogen (secondary N) is 3. The molecule has 4 rings (SSSR count). The van der Waals surface area contributed by atoms with Crippen molar-refractivity contribution in [1.82, 2.24) is 10.2 Å². The maximum Gasteiger partial charge on any atom is 0.573 e. The molecule has 0 spiro atoms. The molecule has 0 atom stereocenters. The standard InChI is InChI=1S/C21H15BrF3N5OS/c22-12-6-9-17(31-21(23,24)25)16(10-12)28-20(32)27-13-7-4-11(5-8-13)14-2-1-3-15-18(14)19(26)30-29-15/h1-10H,(H3,26,29,30)(H2,27,28,32). The minimum atomic E-state index is -4.82. The van der Waals surface area contributed by atoms with Crippen LogP contribution in [0.15, 0.2) is 65.1 Å². The fourth-order valence-corrected chi connectivity index (χ4v) is 3.76. The summed E-state index contributed by atoms with van der Waals surface area (Å²) in [6.45, 7) is 0. The Morgan fingerprint density at radius 1 is 1.06 bits per heavy atom. The van der Waals surface area contributed by atoms with Crippen LogP contribution in [-0.4, -0.2) is 21.7 Å². The van der Waals surface area contributed by atoms with Gasteiger partial charge in [-0.1, -0.05) is 40.2 Å². The van der Waals surface area contributed by atoms with Gasteiger partial charge in [-0.05, 0) is 59.7 Å². The van der Waals surface area contributed by atoms with Crippen LogP contribution in [0.5, 0.6) is 5.75 Å². The minimum Gasteiger partial charge on any atom is -0.404 e. The fraction of sp³-hybridized carbons (Fsp3) is 0.0476. The topological polar surface area (TPSA) is 88.0 Å². The van der Waals surface area contributed by atoms with Crippen molar-refractivity contribution in [3.8, 4) is 16.9 Å². The monoisotopic (exact) mass is 521 g/mol. The predicted octanol–water partition coefficient (Wildman–Crippen LogP) is 6.28. The number of benzene rings is 3.